The predicted molar refractivity (Wildman–Crippen MR) is 120 cm³/mol. The molecule has 1 saturated heterocycles. The molecule has 1 aromatic rings. The Kier molecular flexibility index (Phi) is 5.74. The summed E-state index contributed by atoms with van der Waals surface area (Å²) in [5, 5.41) is 8.68. The van der Waals surface area contributed by atoms with Gasteiger partial charge in [0, 0.05) is 13.5 Å². The fourth-order valence-electron chi connectivity index (χ4n) is 6.48. The van der Waals surface area contributed by atoms with Crippen molar-refractivity contribution in [1.82, 2.24) is 20.9 Å². The fraction of sp³-hybridized carbons (Fsp3) is 0.773. The number of carbonyl (C=O) groups excluding carboxylic acids is 2. The van der Waals surface area contributed by atoms with Gasteiger partial charge in [0.1, 0.15) is 21.6 Å². The van der Waals surface area contributed by atoms with Crippen LogP contribution in [-0.4, -0.2) is 45.5 Å². The minimum atomic E-state index is -3.13. The molecule has 3 saturated carbocycles. The van der Waals surface area contributed by atoms with Crippen LogP contribution >= 0.6 is 22.6 Å². The third-order valence-corrected chi connectivity index (χ3v) is 10.1. The summed E-state index contributed by atoms with van der Waals surface area (Å²) in [5.74, 6) is -4.13. The molecule has 2 bridgehead atoms. The second-order valence-electron chi connectivity index (χ2n) is 10.0. The van der Waals surface area contributed by atoms with Crippen LogP contribution < -0.4 is 16.0 Å². The molecule has 7 nitrogen and oxygen atoms in total. The lowest BCUT2D eigenvalue weighted by Gasteiger charge is -2.39. The van der Waals surface area contributed by atoms with Crippen molar-refractivity contribution in [2.45, 2.75) is 67.1 Å². The summed E-state index contributed by atoms with van der Waals surface area (Å²) in [6.07, 6.45) is 3.98. The van der Waals surface area contributed by atoms with E-state index in [1.165, 1.54) is 0 Å². The van der Waals surface area contributed by atoms with E-state index in [0.717, 1.165) is 38.9 Å². The van der Waals surface area contributed by atoms with Gasteiger partial charge in [-0.25, -0.2) is 9.37 Å². The number of oxazole rings is 1. The molecule has 0 radical (unpaired) electrons. The Balaban J connectivity index is 1.34. The number of alkyl halides is 4. The number of aromatic nitrogens is 1. The van der Waals surface area contributed by atoms with Crippen LogP contribution in [0.1, 0.15) is 50.6 Å². The highest BCUT2D eigenvalue weighted by atomic mass is 127. The molecule has 5 rings (SSSR count). The van der Waals surface area contributed by atoms with Gasteiger partial charge in [-0.1, -0.05) is 22.6 Å². The average Bonchev–Trinajstić information content (AvgIpc) is 3.16. The van der Waals surface area contributed by atoms with Gasteiger partial charge in [0.15, 0.2) is 0 Å². The molecule has 0 aromatic carbocycles. The third-order valence-electron chi connectivity index (χ3n) is 8.16. The third kappa shape index (κ3) is 3.77. The zero-order valence-corrected chi connectivity index (χ0v) is 20.5. The monoisotopic (exact) mass is 580 g/mol. The van der Waals surface area contributed by atoms with E-state index in [-0.39, 0.29) is 48.0 Å². The van der Waals surface area contributed by atoms with Crippen LogP contribution in [0.5, 0.6) is 0 Å². The van der Waals surface area contributed by atoms with Gasteiger partial charge in [0.25, 0.3) is 5.92 Å². The summed E-state index contributed by atoms with van der Waals surface area (Å²) < 4.78 is 45.4. The van der Waals surface area contributed by atoms with Crippen molar-refractivity contribution in [3.05, 3.63) is 17.8 Å². The first-order chi connectivity index (χ1) is 15.6. The minimum Gasteiger partial charge on any atom is -0.447 e. The van der Waals surface area contributed by atoms with Crippen LogP contribution in [0, 0.1) is 23.2 Å². The molecule has 3 aliphatic carbocycles. The van der Waals surface area contributed by atoms with Crippen molar-refractivity contribution in [1.29, 1.82) is 0 Å². The van der Waals surface area contributed by atoms with E-state index in [1.807, 2.05) is 0 Å². The average molecular weight is 580 g/mol. The minimum absolute atomic E-state index is 0.00411. The van der Waals surface area contributed by atoms with E-state index >= 15 is 0 Å². The van der Waals surface area contributed by atoms with Gasteiger partial charge in [-0.15, -0.1) is 0 Å². The summed E-state index contributed by atoms with van der Waals surface area (Å²) >= 11 is 2.15. The van der Waals surface area contributed by atoms with Crippen LogP contribution in [0.2, 0.25) is 0 Å². The molecule has 2 amide bonds. The maximum absolute atomic E-state index is 14.4. The molecule has 4 aliphatic rings. The molecular weight excluding hydrogens is 552 g/mol. The van der Waals surface area contributed by atoms with Crippen LogP contribution in [0.4, 0.5) is 13.2 Å². The molecule has 2 heterocycles. The zero-order chi connectivity index (χ0) is 23.6. The largest absolute Gasteiger partial charge is 0.447 e. The Morgan fingerprint density at radius 1 is 1.33 bits per heavy atom. The summed E-state index contributed by atoms with van der Waals surface area (Å²) in [5.41, 5.74) is -0.488. The van der Waals surface area contributed by atoms with Crippen LogP contribution in [-0.2, 0) is 22.1 Å². The van der Waals surface area contributed by atoms with Crippen molar-refractivity contribution < 1.29 is 27.2 Å². The van der Waals surface area contributed by atoms with Gasteiger partial charge in [-0.3, -0.25) is 9.59 Å². The first-order valence-electron chi connectivity index (χ1n) is 11.5. The van der Waals surface area contributed by atoms with Gasteiger partial charge in [0.2, 0.25) is 17.7 Å². The number of nitrogens with one attached hydrogen (secondary N) is 3. The van der Waals surface area contributed by atoms with E-state index in [1.54, 1.807) is 0 Å². The first-order valence-corrected chi connectivity index (χ1v) is 12.6. The smallest absolute Gasteiger partial charge is 0.290 e. The van der Waals surface area contributed by atoms with E-state index in [2.05, 4.69) is 43.5 Å². The Labute approximate surface area is 203 Å². The molecule has 11 heteroatoms. The molecule has 182 valence electrons. The Bertz CT molecular complexity index is 950. The van der Waals surface area contributed by atoms with Crippen molar-refractivity contribution in [2.24, 2.45) is 23.2 Å². The number of piperidine rings is 1. The summed E-state index contributed by atoms with van der Waals surface area (Å²) in [6.45, 7) is 1.43. The molecule has 6 atom stereocenters. The lowest BCUT2D eigenvalue weighted by Crippen LogP contribution is -2.60. The number of hydrogen-bond acceptors (Lipinski definition) is 5. The molecule has 1 aliphatic heterocycles. The highest BCUT2D eigenvalue weighted by molar-refractivity contribution is 14.1. The molecule has 1 aromatic heterocycles. The van der Waals surface area contributed by atoms with E-state index in [0.29, 0.717) is 13.0 Å². The Morgan fingerprint density at radius 3 is 2.73 bits per heavy atom. The number of carbonyl (C=O) groups is 2. The summed E-state index contributed by atoms with van der Waals surface area (Å²) in [4.78, 5) is 30.8. The predicted octanol–water partition coefficient (Wildman–Crippen LogP) is 2.83. The molecule has 33 heavy (non-hydrogen) atoms. The molecule has 6 unspecified atom stereocenters. The normalized spacial score (nSPS) is 36.7. The van der Waals surface area contributed by atoms with E-state index in [9.17, 15) is 22.8 Å². The highest BCUT2D eigenvalue weighted by Crippen LogP contribution is 2.77. The number of amides is 2. The van der Waals surface area contributed by atoms with Gasteiger partial charge in [-0.2, -0.15) is 8.78 Å². The second-order valence-corrected chi connectivity index (χ2v) is 11.8. The molecule has 1 spiro atoms. The van der Waals surface area contributed by atoms with Crippen molar-refractivity contribution in [3.8, 4) is 0 Å². The number of halogens is 4. The number of hydrogen-bond donors (Lipinski definition) is 3. The van der Waals surface area contributed by atoms with Crippen molar-refractivity contribution in [2.75, 3.05) is 13.1 Å². The number of rotatable bonds is 6. The van der Waals surface area contributed by atoms with Crippen molar-refractivity contribution >= 4 is 34.4 Å². The first kappa shape index (κ1) is 23.4. The quantitative estimate of drug-likeness (QED) is 0.356. The van der Waals surface area contributed by atoms with Gasteiger partial charge in [0.05, 0.1) is 18.5 Å². The summed E-state index contributed by atoms with van der Waals surface area (Å²) in [7, 11) is 0. The Hall–Kier alpha value is -1.37. The lowest BCUT2D eigenvalue weighted by molar-refractivity contribution is -0.135. The molecular formula is C22H28F3IN4O3. The van der Waals surface area contributed by atoms with E-state index in [4.69, 9.17) is 4.42 Å². The van der Waals surface area contributed by atoms with E-state index < -0.39 is 33.2 Å². The van der Waals surface area contributed by atoms with Gasteiger partial charge in [-0.05, 0) is 55.9 Å². The zero-order valence-electron chi connectivity index (χ0n) is 18.3. The van der Waals surface area contributed by atoms with Crippen LogP contribution in [0.3, 0.4) is 0 Å². The topological polar surface area (TPSA) is 96.3 Å². The maximum atomic E-state index is 14.4. The lowest BCUT2D eigenvalue weighted by atomic mass is 9.77. The second kappa shape index (κ2) is 8.10. The standard InChI is InChI=1S/C22H28F3IN4O3/c1-20(24,25)15-10-33-16(30-15)9-28-18(31)17-11-2-3-14(21(11)5-6-21)22(17,26)19(32)29-13-4-7-27-8-12(13)23/h10-14,17,27H,2-9H2,1H3,(H,28,31)(H,29,32). The molecule has 3 N–H and O–H groups in total. The van der Waals surface area contributed by atoms with Gasteiger partial charge >= 0.3 is 0 Å². The van der Waals surface area contributed by atoms with Gasteiger partial charge < -0.3 is 20.4 Å². The maximum Gasteiger partial charge on any atom is 0.290 e. The number of nitrogens with zero attached hydrogens (tertiary/aromatic N) is 1. The van der Waals surface area contributed by atoms with Crippen molar-refractivity contribution in [3.63, 3.8) is 0 Å². The van der Waals surface area contributed by atoms with Crippen LogP contribution in [0.15, 0.2) is 10.7 Å². The Morgan fingerprint density at radius 2 is 2.09 bits per heavy atom. The highest BCUT2D eigenvalue weighted by Gasteiger charge is 2.77. The SMILES string of the molecule is CC(F)(F)c1coc(CNC(=O)C2C3CCC(C34CC4)C2(I)C(=O)NC2CCNCC2F)n1. The van der Waals surface area contributed by atoms with Crippen LogP contribution in [0.25, 0.3) is 0 Å². The fourth-order valence-corrected chi connectivity index (χ4v) is 8.29. The molecule has 4 fully saturated rings. The summed E-state index contributed by atoms with van der Waals surface area (Å²) in [6, 6.07) is -0.565.